The lowest BCUT2D eigenvalue weighted by Crippen LogP contribution is -2.36. The van der Waals surface area contributed by atoms with Gasteiger partial charge in [0.25, 0.3) is 5.91 Å². The van der Waals surface area contributed by atoms with Crippen LogP contribution in [0, 0.1) is 12.3 Å². The number of carbonyl (C=O) groups is 2. The van der Waals surface area contributed by atoms with Gasteiger partial charge < -0.3 is 15.4 Å². The number of aryl methyl sites for hydroxylation is 1. The molecule has 1 heterocycles. The summed E-state index contributed by atoms with van der Waals surface area (Å²) < 4.78 is 0. The second kappa shape index (κ2) is 7.77. The maximum Gasteiger partial charge on any atom is 0.268 e. The number of aromatic nitrogens is 1. The third-order valence-electron chi connectivity index (χ3n) is 3.95. The first kappa shape index (κ1) is 19.4. The summed E-state index contributed by atoms with van der Waals surface area (Å²) in [5.74, 6) is -0.210. The standard InChI is InChI=1S/C18H30N2O3/c1-7-8-14-15(13(4)22)12(3)20-16(14)17(23)19-10-18(5,6)9-11(2)21/h11,20-21H,7-10H2,1-6H3,(H,19,23). The van der Waals surface area contributed by atoms with E-state index in [9.17, 15) is 14.7 Å². The number of aromatic amines is 1. The van der Waals surface area contributed by atoms with Gasteiger partial charge in [0.2, 0.25) is 0 Å². The average Bonchev–Trinajstić information content (AvgIpc) is 2.72. The highest BCUT2D eigenvalue weighted by molar-refractivity contribution is 6.02. The van der Waals surface area contributed by atoms with Crippen molar-refractivity contribution in [3.05, 3.63) is 22.5 Å². The number of aliphatic hydroxyl groups excluding tert-OH is 1. The number of aliphatic hydroxyl groups is 1. The summed E-state index contributed by atoms with van der Waals surface area (Å²) in [5, 5.41) is 12.5. The molecule has 0 spiro atoms. The van der Waals surface area contributed by atoms with Crippen LogP contribution >= 0.6 is 0 Å². The van der Waals surface area contributed by atoms with E-state index >= 15 is 0 Å². The summed E-state index contributed by atoms with van der Waals surface area (Å²) in [6.07, 6.45) is 1.76. The van der Waals surface area contributed by atoms with Gasteiger partial charge in [-0.05, 0) is 44.6 Å². The minimum Gasteiger partial charge on any atom is -0.393 e. The van der Waals surface area contributed by atoms with Crippen molar-refractivity contribution >= 4 is 11.7 Å². The van der Waals surface area contributed by atoms with Crippen molar-refractivity contribution in [3.63, 3.8) is 0 Å². The molecule has 0 aliphatic heterocycles. The zero-order valence-electron chi connectivity index (χ0n) is 15.2. The minimum absolute atomic E-state index is 0.0179. The fourth-order valence-corrected chi connectivity index (χ4v) is 3.13. The lowest BCUT2D eigenvalue weighted by Gasteiger charge is -2.26. The van der Waals surface area contributed by atoms with Crippen LogP contribution in [-0.4, -0.2) is 34.4 Å². The van der Waals surface area contributed by atoms with Crippen LogP contribution in [0.1, 0.15) is 79.6 Å². The van der Waals surface area contributed by atoms with Gasteiger partial charge in [0.05, 0.1) is 6.10 Å². The molecule has 0 radical (unpaired) electrons. The Kier molecular flexibility index (Phi) is 6.57. The Hall–Kier alpha value is -1.62. The summed E-state index contributed by atoms with van der Waals surface area (Å²) in [7, 11) is 0. The molecule has 0 bridgehead atoms. The van der Waals surface area contributed by atoms with Crippen molar-refractivity contribution < 1.29 is 14.7 Å². The van der Waals surface area contributed by atoms with Gasteiger partial charge in [-0.25, -0.2) is 0 Å². The summed E-state index contributed by atoms with van der Waals surface area (Å²) in [4.78, 5) is 27.5. The van der Waals surface area contributed by atoms with Crippen LogP contribution in [0.4, 0.5) is 0 Å². The Morgan fingerprint density at radius 1 is 1.35 bits per heavy atom. The molecule has 130 valence electrons. The molecule has 3 N–H and O–H groups in total. The van der Waals surface area contributed by atoms with Crippen molar-refractivity contribution in [2.24, 2.45) is 5.41 Å². The summed E-state index contributed by atoms with van der Waals surface area (Å²) in [5.41, 5.74) is 2.49. The number of nitrogens with one attached hydrogen (secondary N) is 2. The van der Waals surface area contributed by atoms with E-state index in [1.54, 1.807) is 6.92 Å². The van der Waals surface area contributed by atoms with E-state index in [4.69, 9.17) is 0 Å². The van der Waals surface area contributed by atoms with E-state index in [1.165, 1.54) is 6.92 Å². The summed E-state index contributed by atoms with van der Waals surface area (Å²) in [6.45, 7) is 11.6. The van der Waals surface area contributed by atoms with Gasteiger partial charge in [-0.2, -0.15) is 0 Å². The van der Waals surface area contributed by atoms with Crippen LogP contribution < -0.4 is 5.32 Å². The van der Waals surface area contributed by atoms with E-state index in [0.717, 1.165) is 17.7 Å². The number of carbonyl (C=O) groups excluding carboxylic acids is 2. The van der Waals surface area contributed by atoms with Crippen LogP contribution in [0.2, 0.25) is 0 Å². The second-order valence-electron chi connectivity index (χ2n) is 7.18. The maximum absolute atomic E-state index is 12.5. The fraction of sp³-hybridized carbons (Fsp3) is 0.667. The normalized spacial score (nSPS) is 13.0. The van der Waals surface area contributed by atoms with Crippen LogP contribution in [0.3, 0.4) is 0 Å². The fourth-order valence-electron chi connectivity index (χ4n) is 3.13. The highest BCUT2D eigenvalue weighted by Gasteiger charge is 2.25. The Labute approximate surface area is 138 Å². The SMILES string of the molecule is CCCc1c(C(=O)NCC(C)(C)CC(C)O)[nH]c(C)c1C(C)=O. The number of hydrogen-bond donors (Lipinski definition) is 3. The zero-order chi connectivity index (χ0) is 17.8. The summed E-state index contributed by atoms with van der Waals surface area (Å²) >= 11 is 0. The van der Waals surface area contributed by atoms with E-state index in [-0.39, 0.29) is 17.1 Å². The van der Waals surface area contributed by atoms with Gasteiger partial charge in [0.1, 0.15) is 5.69 Å². The van der Waals surface area contributed by atoms with Crippen molar-refractivity contribution in [1.29, 1.82) is 0 Å². The molecule has 0 aliphatic rings. The summed E-state index contributed by atoms with van der Waals surface area (Å²) in [6, 6.07) is 0. The quantitative estimate of drug-likeness (QED) is 0.643. The van der Waals surface area contributed by atoms with Gasteiger partial charge in [0.15, 0.2) is 5.78 Å². The number of Topliss-reactive ketones (excluding diaryl/α,β-unsaturated/α-hetero) is 1. The molecule has 1 rings (SSSR count). The largest absolute Gasteiger partial charge is 0.393 e. The van der Waals surface area contributed by atoms with Gasteiger partial charge in [-0.3, -0.25) is 9.59 Å². The Balaban J connectivity index is 2.96. The van der Waals surface area contributed by atoms with Crippen molar-refractivity contribution in [2.45, 2.75) is 66.9 Å². The lowest BCUT2D eigenvalue weighted by molar-refractivity contribution is 0.0897. The molecule has 1 amide bonds. The van der Waals surface area contributed by atoms with E-state index in [1.807, 2.05) is 27.7 Å². The van der Waals surface area contributed by atoms with Crippen LogP contribution in [0.15, 0.2) is 0 Å². The molecule has 5 heteroatoms. The smallest absolute Gasteiger partial charge is 0.268 e. The Bertz CT molecular complexity index is 571. The predicted molar refractivity (Wildman–Crippen MR) is 91.9 cm³/mol. The average molecular weight is 322 g/mol. The van der Waals surface area contributed by atoms with E-state index in [2.05, 4.69) is 10.3 Å². The Morgan fingerprint density at radius 2 is 1.96 bits per heavy atom. The monoisotopic (exact) mass is 322 g/mol. The Morgan fingerprint density at radius 3 is 2.43 bits per heavy atom. The van der Waals surface area contributed by atoms with Crippen molar-refractivity contribution in [2.75, 3.05) is 6.54 Å². The predicted octanol–water partition coefficient (Wildman–Crippen LogP) is 3.01. The van der Waals surface area contributed by atoms with E-state index < -0.39 is 6.10 Å². The molecule has 5 nitrogen and oxygen atoms in total. The molecule has 1 unspecified atom stereocenters. The molecule has 0 saturated heterocycles. The van der Waals surface area contributed by atoms with Gasteiger partial charge in [0, 0.05) is 17.8 Å². The maximum atomic E-state index is 12.5. The number of ketones is 1. The lowest BCUT2D eigenvalue weighted by atomic mass is 9.87. The van der Waals surface area contributed by atoms with Gasteiger partial charge >= 0.3 is 0 Å². The number of H-pyrrole nitrogens is 1. The number of hydrogen-bond acceptors (Lipinski definition) is 3. The topological polar surface area (TPSA) is 82.2 Å². The van der Waals surface area contributed by atoms with Crippen molar-refractivity contribution in [3.8, 4) is 0 Å². The van der Waals surface area contributed by atoms with Crippen molar-refractivity contribution in [1.82, 2.24) is 10.3 Å². The van der Waals surface area contributed by atoms with E-state index in [0.29, 0.717) is 30.6 Å². The highest BCUT2D eigenvalue weighted by atomic mass is 16.3. The van der Waals surface area contributed by atoms with Gasteiger partial charge in [-0.1, -0.05) is 27.2 Å². The molecule has 1 aromatic rings. The molecular weight excluding hydrogens is 292 g/mol. The molecule has 0 saturated carbocycles. The first-order chi connectivity index (χ1) is 10.6. The molecule has 23 heavy (non-hydrogen) atoms. The number of amides is 1. The first-order valence-electron chi connectivity index (χ1n) is 8.27. The molecule has 1 atom stereocenters. The highest BCUT2D eigenvalue weighted by Crippen LogP contribution is 2.23. The van der Waals surface area contributed by atoms with Crippen LogP contribution in [-0.2, 0) is 6.42 Å². The van der Waals surface area contributed by atoms with Gasteiger partial charge in [-0.15, -0.1) is 0 Å². The zero-order valence-corrected chi connectivity index (χ0v) is 15.2. The second-order valence-corrected chi connectivity index (χ2v) is 7.18. The number of rotatable bonds is 8. The molecular formula is C18H30N2O3. The molecule has 0 aliphatic carbocycles. The molecule has 0 fully saturated rings. The minimum atomic E-state index is -0.408. The van der Waals surface area contributed by atoms with Crippen LogP contribution in [0.5, 0.6) is 0 Å². The first-order valence-corrected chi connectivity index (χ1v) is 8.27. The third-order valence-corrected chi connectivity index (χ3v) is 3.95. The van der Waals surface area contributed by atoms with Crippen LogP contribution in [0.25, 0.3) is 0 Å². The molecule has 0 aromatic carbocycles. The third kappa shape index (κ3) is 5.20. The molecule has 1 aromatic heterocycles.